The topological polar surface area (TPSA) is 95.9 Å². The Balaban J connectivity index is 4.38. The van der Waals surface area contributed by atoms with Crippen LogP contribution in [0.25, 0.3) is 0 Å². The number of nitrogens with one attached hydrogen (secondary N) is 1. The van der Waals surface area contributed by atoms with E-state index in [2.05, 4.69) is 50.4 Å². The van der Waals surface area contributed by atoms with E-state index in [1.807, 2.05) is 0 Å². The lowest BCUT2D eigenvalue weighted by Crippen LogP contribution is -2.46. The summed E-state index contributed by atoms with van der Waals surface area (Å²) < 4.78 is 5.95. The second kappa shape index (κ2) is 53.3. The second-order valence-corrected chi connectivity index (χ2v) is 20.1. The van der Waals surface area contributed by atoms with E-state index in [0.29, 0.717) is 19.3 Å². The summed E-state index contributed by atoms with van der Waals surface area (Å²) in [5.74, 6) is -0.461. The number of hydrogen-bond acceptors (Lipinski definition) is 5. The van der Waals surface area contributed by atoms with Crippen LogP contribution in [0.3, 0.4) is 0 Å². The van der Waals surface area contributed by atoms with Crippen molar-refractivity contribution in [2.45, 2.75) is 334 Å². The SMILES string of the molecule is CCCCC/C=C\C/C=C\CCCCCCCCCCCC(=O)OC(CCCCCCCCCCCC)CC(=O)NC(CO)C(O)CCCCCCCCCCCCCCCCCCC. The molecular weight excluding hydrogens is 803 g/mol. The largest absolute Gasteiger partial charge is 0.462 e. The zero-order valence-corrected chi connectivity index (χ0v) is 43.9. The van der Waals surface area contributed by atoms with Crippen molar-refractivity contribution in [2.24, 2.45) is 0 Å². The van der Waals surface area contributed by atoms with Gasteiger partial charge in [0.2, 0.25) is 5.91 Å². The van der Waals surface area contributed by atoms with Gasteiger partial charge in [-0.05, 0) is 57.8 Å². The van der Waals surface area contributed by atoms with E-state index in [4.69, 9.17) is 4.74 Å². The third kappa shape index (κ3) is 48.6. The molecule has 0 saturated heterocycles. The van der Waals surface area contributed by atoms with Crippen molar-refractivity contribution >= 4 is 11.9 Å². The van der Waals surface area contributed by atoms with Crippen LogP contribution in [0.1, 0.15) is 316 Å². The molecule has 3 N–H and O–H groups in total. The monoisotopic (exact) mass is 916 g/mol. The van der Waals surface area contributed by atoms with Gasteiger partial charge >= 0.3 is 5.97 Å². The third-order valence-electron chi connectivity index (χ3n) is 13.5. The van der Waals surface area contributed by atoms with E-state index in [1.165, 1.54) is 218 Å². The normalized spacial score (nSPS) is 13.2. The highest BCUT2D eigenvalue weighted by molar-refractivity contribution is 5.77. The van der Waals surface area contributed by atoms with Gasteiger partial charge < -0.3 is 20.3 Å². The molecule has 0 spiro atoms. The molecule has 0 aromatic carbocycles. The quantitative estimate of drug-likeness (QED) is 0.0321. The Morgan fingerprint density at radius 3 is 1.20 bits per heavy atom. The number of ether oxygens (including phenoxy) is 1. The first-order valence-electron chi connectivity index (χ1n) is 29.1. The molecule has 0 aliphatic rings. The van der Waals surface area contributed by atoms with Gasteiger partial charge in [0.05, 0.1) is 25.2 Å². The molecule has 384 valence electrons. The van der Waals surface area contributed by atoms with Crippen LogP contribution in [0.15, 0.2) is 24.3 Å². The first-order chi connectivity index (χ1) is 32.0. The van der Waals surface area contributed by atoms with E-state index in [1.54, 1.807) is 0 Å². The Morgan fingerprint density at radius 2 is 0.785 bits per heavy atom. The van der Waals surface area contributed by atoms with Gasteiger partial charge in [0.25, 0.3) is 0 Å². The summed E-state index contributed by atoms with van der Waals surface area (Å²) in [6.07, 6.45) is 62.5. The molecule has 0 saturated carbocycles. The molecule has 0 bridgehead atoms. The Morgan fingerprint density at radius 1 is 0.446 bits per heavy atom. The lowest BCUT2D eigenvalue weighted by atomic mass is 10.0. The number of hydrogen-bond donors (Lipinski definition) is 3. The van der Waals surface area contributed by atoms with Crippen LogP contribution >= 0.6 is 0 Å². The fraction of sp³-hybridized carbons (Fsp3) is 0.898. The van der Waals surface area contributed by atoms with Crippen molar-refractivity contribution in [3.8, 4) is 0 Å². The molecule has 0 fully saturated rings. The molecule has 0 aliphatic carbocycles. The van der Waals surface area contributed by atoms with E-state index in [9.17, 15) is 19.8 Å². The number of allylic oxidation sites excluding steroid dienone is 4. The summed E-state index contributed by atoms with van der Waals surface area (Å²) in [5, 5.41) is 23.9. The predicted molar refractivity (Wildman–Crippen MR) is 283 cm³/mol. The molecule has 6 heteroatoms. The number of aliphatic hydroxyl groups excluding tert-OH is 2. The smallest absolute Gasteiger partial charge is 0.306 e. The number of rotatable bonds is 53. The maximum absolute atomic E-state index is 13.2. The molecule has 0 heterocycles. The van der Waals surface area contributed by atoms with Crippen LogP contribution in [-0.4, -0.2) is 46.9 Å². The highest BCUT2D eigenvalue weighted by atomic mass is 16.5. The number of amides is 1. The second-order valence-electron chi connectivity index (χ2n) is 20.1. The number of carbonyl (C=O) groups is 2. The summed E-state index contributed by atoms with van der Waals surface area (Å²) in [6.45, 7) is 6.49. The van der Waals surface area contributed by atoms with Gasteiger partial charge in [0.1, 0.15) is 6.10 Å². The van der Waals surface area contributed by atoms with Gasteiger partial charge in [-0.2, -0.15) is 0 Å². The van der Waals surface area contributed by atoms with Crippen LogP contribution in [-0.2, 0) is 14.3 Å². The van der Waals surface area contributed by atoms with Gasteiger partial charge in [0.15, 0.2) is 0 Å². The van der Waals surface area contributed by atoms with Gasteiger partial charge in [-0.25, -0.2) is 0 Å². The Hall–Kier alpha value is -1.66. The highest BCUT2D eigenvalue weighted by Crippen LogP contribution is 2.19. The minimum absolute atomic E-state index is 0.0817. The van der Waals surface area contributed by atoms with E-state index in [0.717, 1.165) is 51.4 Å². The molecular formula is C59H113NO5. The Kier molecular flexibility index (Phi) is 51.9. The van der Waals surface area contributed by atoms with Crippen molar-refractivity contribution in [3.05, 3.63) is 24.3 Å². The molecule has 1 amide bonds. The molecule has 0 aromatic rings. The fourth-order valence-electron chi connectivity index (χ4n) is 9.11. The minimum Gasteiger partial charge on any atom is -0.462 e. The number of carbonyl (C=O) groups excluding carboxylic acids is 2. The average Bonchev–Trinajstić information content (AvgIpc) is 3.30. The molecule has 3 atom stereocenters. The summed E-state index contributed by atoms with van der Waals surface area (Å²) >= 11 is 0. The molecule has 3 unspecified atom stereocenters. The van der Waals surface area contributed by atoms with Crippen LogP contribution < -0.4 is 5.32 Å². The zero-order chi connectivity index (χ0) is 47.4. The van der Waals surface area contributed by atoms with E-state index < -0.39 is 18.2 Å². The number of aliphatic hydroxyl groups is 2. The molecule has 0 aliphatic heterocycles. The standard InChI is InChI=1S/C59H113NO5/c1-4-7-10-13-16-19-22-24-26-28-29-31-33-35-37-40-43-46-49-52-59(64)65-55(50-47-44-41-38-21-18-15-12-9-6-3)53-58(63)60-56(54-61)57(62)51-48-45-42-39-36-34-32-30-27-25-23-20-17-14-11-8-5-2/h16,19,24,26,55-57,61-62H,4-15,17-18,20-23,25,27-54H2,1-3H3,(H,60,63)/b19-16-,26-24-. The first-order valence-corrected chi connectivity index (χ1v) is 29.1. The molecule has 0 radical (unpaired) electrons. The van der Waals surface area contributed by atoms with E-state index in [-0.39, 0.29) is 24.9 Å². The fourth-order valence-corrected chi connectivity index (χ4v) is 9.11. The first kappa shape index (κ1) is 63.3. The molecule has 65 heavy (non-hydrogen) atoms. The Labute approximate surface area is 405 Å². The van der Waals surface area contributed by atoms with Crippen LogP contribution in [0.2, 0.25) is 0 Å². The van der Waals surface area contributed by atoms with E-state index >= 15 is 0 Å². The number of esters is 1. The molecule has 0 rings (SSSR count). The van der Waals surface area contributed by atoms with Gasteiger partial charge in [-0.15, -0.1) is 0 Å². The summed E-state index contributed by atoms with van der Waals surface area (Å²) in [4.78, 5) is 26.2. The van der Waals surface area contributed by atoms with Crippen molar-refractivity contribution in [2.75, 3.05) is 6.61 Å². The summed E-state index contributed by atoms with van der Waals surface area (Å²) in [7, 11) is 0. The van der Waals surface area contributed by atoms with Crippen LogP contribution in [0, 0.1) is 0 Å². The molecule has 6 nitrogen and oxygen atoms in total. The van der Waals surface area contributed by atoms with Crippen molar-refractivity contribution in [1.82, 2.24) is 5.32 Å². The highest BCUT2D eigenvalue weighted by Gasteiger charge is 2.24. The number of unbranched alkanes of at least 4 members (excludes halogenated alkanes) is 37. The lowest BCUT2D eigenvalue weighted by molar-refractivity contribution is -0.151. The summed E-state index contributed by atoms with van der Waals surface area (Å²) in [6, 6.07) is -0.697. The van der Waals surface area contributed by atoms with Gasteiger partial charge in [-0.3, -0.25) is 9.59 Å². The van der Waals surface area contributed by atoms with Crippen molar-refractivity contribution in [3.63, 3.8) is 0 Å². The van der Waals surface area contributed by atoms with Crippen molar-refractivity contribution < 1.29 is 24.5 Å². The van der Waals surface area contributed by atoms with Gasteiger partial charge in [0, 0.05) is 6.42 Å². The third-order valence-corrected chi connectivity index (χ3v) is 13.5. The maximum atomic E-state index is 13.2. The predicted octanol–water partition coefficient (Wildman–Crippen LogP) is 17.9. The van der Waals surface area contributed by atoms with Crippen molar-refractivity contribution in [1.29, 1.82) is 0 Å². The lowest BCUT2D eigenvalue weighted by Gasteiger charge is -2.24. The minimum atomic E-state index is -0.784. The van der Waals surface area contributed by atoms with Gasteiger partial charge in [-0.1, -0.05) is 270 Å². The average molecular weight is 917 g/mol. The zero-order valence-electron chi connectivity index (χ0n) is 43.9. The van der Waals surface area contributed by atoms with Crippen LogP contribution in [0.5, 0.6) is 0 Å². The van der Waals surface area contributed by atoms with Crippen LogP contribution in [0.4, 0.5) is 0 Å². The maximum Gasteiger partial charge on any atom is 0.306 e. The molecule has 0 aromatic heterocycles. The Bertz CT molecular complexity index is 1030. The summed E-state index contributed by atoms with van der Waals surface area (Å²) in [5.41, 5.74) is 0.